The minimum absolute atomic E-state index is 0.0274. The van der Waals surface area contributed by atoms with Crippen molar-refractivity contribution in [2.24, 2.45) is 5.41 Å². The van der Waals surface area contributed by atoms with E-state index in [-0.39, 0.29) is 17.6 Å². The molecule has 1 N–H and O–H groups in total. The van der Waals surface area contributed by atoms with Gasteiger partial charge in [-0.15, -0.1) is 0 Å². The third-order valence-electron chi connectivity index (χ3n) is 5.70. The fourth-order valence-corrected chi connectivity index (χ4v) is 4.23. The normalized spacial score (nSPS) is 28.7. The molecule has 1 saturated heterocycles. The summed E-state index contributed by atoms with van der Waals surface area (Å²) in [5, 5.41) is 3.87. The minimum Gasteiger partial charge on any atom is -0.444 e. The molecule has 3 rings (SSSR count). The smallest absolute Gasteiger partial charge is 0.410 e. The van der Waals surface area contributed by atoms with Gasteiger partial charge in [-0.1, -0.05) is 51.1 Å². The molecule has 1 aromatic carbocycles. The van der Waals surface area contributed by atoms with E-state index in [0.717, 1.165) is 19.4 Å². The van der Waals surface area contributed by atoms with Crippen LogP contribution in [0.1, 0.15) is 72.3 Å². The summed E-state index contributed by atoms with van der Waals surface area (Å²) in [6.45, 7) is 13.2. The highest BCUT2D eigenvalue weighted by atomic mass is 16.6. The van der Waals surface area contributed by atoms with Crippen molar-refractivity contribution in [2.45, 2.75) is 90.4 Å². The number of carbonyl (C=O) groups is 1. The fourth-order valence-electron chi connectivity index (χ4n) is 4.23. The molecule has 1 aliphatic carbocycles. The van der Waals surface area contributed by atoms with E-state index in [0.29, 0.717) is 18.0 Å². The Morgan fingerprint density at radius 1 is 1.07 bits per heavy atom. The second-order valence-corrected chi connectivity index (χ2v) is 10.3. The van der Waals surface area contributed by atoms with Crippen LogP contribution in [-0.4, -0.2) is 41.3 Å². The summed E-state index contributed by atoms with van der Waals surface area (Å²) in [6, 6.07) is 12.0. The maximum absolute atomic E-state index is 12.7. The number of rotatable bonds is 3. The predicted octanol–water partition coefficient (Wildman–Crippen LogP) is 4.95. The third kappa shape index (κ3) is 5.25. The van der Waals surface area contributed by atoms with E-state index in [2.05, 4.69) is 56.4 Å². The SMILES string of the molecule is CC(C)(C)OC(=O)N1CCC(NC2CC2c2ccccc2)CC1C(C)(C)C. The highest BCUT2D eigenvalue weighted by Crippen LogP contribution is 2.42. The van der Waals surface area contributed by atoms with Crippen LogP contribution in [0, 0.1) is 5.41 Å². The zero-order valence-corrected chi connectivity index (χ0v) is 17.8. The van der Waals surface area contributed by atoms with Crippen LogP contribution in [0.3, 0.4) is 0 Å². The number of hydrogen-bond donors (Lipinski definition) is 1. The number of nitrogens with zero attached hydrogens (tertiary/aromatic N) is 1. The Balaban J connectivity index is 1.61. The van der Waals surface area contributed by atoms with Gasteiger partial charge in [0.15, 0.2) is 0 Å². The first kappa shape index (κ1) is 20.2. The molecular weight excluding hydrogens is 336 g/mol. The van der Waals surface area contributed by atoms with Gasteiger partial charge in [0.25, 0.3) is 0 Å². The van der Waals surface area contributed by atoms with E-state index < -0.39 is 5.60 Å². The third-order valence-corrected chi connectivity index (χ3v) is 5.70. The average Bonchev–Trinajstić information content (AvgIpc) is 3.32. The zero-order chi connectivity index (χ0) is 19.8. The molecule has 4 atom stereocenters. The lowest BCUT2D eigenvalue weighted by molar-refractivity contribution is -0.0117. The first-order valence-corrected chi connectivity index (χ1v) is 10.4. The second-order valence-electron chi connectivity index (χ2n) is 10.3. The van der Waals surface area contributed by atoms with Gasteiger partial charge in [-0.2, -0.15) is 0 Å². The molecule has 4 nitrogen and oxygen atoms in total. The number of nitrogens with one attached hydrogen (secondary N) is 1. The summed E-state index contributed by atoms with van der Waals surface area (Å²) in [7, 11) is 0. The lowest BCUT2D eigenvalue weighted by Gasteiger charge is -2.46. The minimum atomic E-state index is -0.453. The number of amides is 1. The monoisotopic (exact) mass is 372 g/mol. The summed E-state index contributed by atoms with van der Waals surface area (Å²) in [5.41, 5.74) is 1.01. The van der Waals surface area contributed by atoms with Crippen LogP contribution in [0.15, 0.2) is 30.3 Å². The molecule has 0 radical (unpaired) electrons. The van der Waals surface area contributed by atoms with Crippen LogP contribution in [-0.2, 0) is 4.74 Å². The Morgan fingerprint density at radius 3 is 2.33 bits per heavy atom. The highest BCUT2D eigenvalue weighted by Gasteiger charge is 2.44. The summed E-state index contributed by atoms with van der Waals surface area (Å²) in [5.74, 6) is 0.642. The van der Waals surface area contributed by atoms with Crippen molar-refractivity contribution in [1.29, 1.82) is 0 Å². The van der Waals surface area contributed by atoms with Gasteiger partial charge in [-0.3, -0.25) is 0 Å². The number of piperidine rings is 1. The molecule has 2 aliphatic rings. The average molecular weight is 373 g/mol. The molecule has 1 saturated carbocycles. The largest absolute Gasteiger partial charge is 0.444 e. The van der Waals surface area contributed by atoms with Gasteiger partial charge >= 0.3 is 6.09 Å². The summed E-state index contributed by atoms with van der Waals surface area (Å²) in [6.07, 6.45) is 3.02. The molecule has 27 heavy (non-hydrogen) atoms. The number of carbonyl (C=O) groups excluding carboxylic acids is 1. The number of hydrogen-bond acceptors (Lipinski definition) is 3. The number of likely N-dealkylation sites (tertiary alicyclic amines) is 1. The van der Waals surface area contributed by atoms with E-state index in [4.69, 9.17) is 4.74 Å². The van der Waals surface area contributed by atoms with Crippen molar-refractivity contribution in [1.82, 2.24) is 10.2 Å². The number of ether oxygens (including phenoxy) is 1. The van der Waals surface area contributed by atoms with Gasteiger partial charge < -0.3 is 15.0 Å². The lowest BCUT2D eigenvalue weighted by Crippen LogP contribution is -2.56. The van der Waals surface area contributed by atoms with E-state index in [1.165, 1.54) is 12.0 Å². The van der Waals surface area contributed by atoms with Gasteiger partial charge in [-0.05, 0) is 51.0 Å². The molecule has 0 bridgehead atoms. The number of benzene rings is 1. The Hall–Kier alpha value is -1.55. The molecule has 1 aromatic rings. The van der Waals surface area contributed by atoms with Gasteiger partial charge in [0, 0.05) is 30.6 Å². The summed E-state index contributed by atoms with van der Waals surface area (Å²) >= 11 is 0. The molecule has 1 amide bonds. The highest BCUT2D eigenvalue weighted by molar-refractivity contribution is 5.69. The van der Waals surface area contributed by atoms with Crippen LogP contribution in [0.5, 0.6) is 0 Å². The van der Waals surface area contributed by atoms with Gasteiger partial charge in [0.2, 0.25) is 0 Å². The van der Waals surface area contributed by atoms with Gasteiger partial charge in [0.1, 0.15) is 5.60 Å². The van der Waals surface area contributed by atoms with Crippen molar-refractivity contribution in [3.8, 4) is 0 Å². The summed E-state index contributed by atoms with van der Waals surface area (Å²) in [4.78, 5) is 14.7. The van der Waals surface area contributed by atoms with Crippen molar-refractivity contribution in [3.05, 3.63) is 35.9 Å². The van der Waals surface area contributed by atoms with Crippen molar-refractivity contribution >= 4 is 6.09 Å². The van der Waals surface area contributed by atoms with Crippen LogP contribution in [0.2, 0.25) is 0 Å². The Bertz CT molecular complexity index is 645. The van der Waals surface area contributed by atoms with E-state index in [9.17, 15) is 4.79 Å². The first-order chi connectivity index (χ1) is 12.5. The van der Waals surface area contributed by atoms with Crippen molar-refractivity contribution < 1.29 is 9.53 Å². The predicted molar refractivity (Wildman–Crippen MR) is 110 cm³/mol. The van der Waals surface area contributed by atoms with Crippen LogP contribution < -0.4 is 5.32 Å². The quantitative estimate of drug-likeness (QED) is 0.816. The van der Waals surface area contributed by atoms with Crippen LogP contribution in [0.4, 0.5) is 4.79 Å². The molecule has 4 heteroatoms. The molecule has 4 unspecified atom stereocenters. The zero-order valence-electron chi connectivity index (χ0n) is 17.8. The Labute approximate surface area is 164 Å². The Morgan fingerprint density at radius 2 is 1.74 bits per heavy atom. The van der Waals surface area contributed by atoms with Crippen LogP contribution in [0.25, 0.3) is 0 Å². The molecule has 0 spiro atoms. The van der Waals surface area contributed by atoms with Gasteiger partial charge in [0.05, 0.1) is 0 Å². The van der Waals surface area contributed by atoms with E-state index >= 15 is 0 Å². The van der Waals surface area contributed by atoms with Crippen molar-refractivity contribution in [2.75, 3.05) is 6.54 Å². The van der Waals surface area contributed by atoms with Crippen molar-refractivity contribution in [3.63, 3.8) is 0 Å². The first-order valence-electron chi connectivity index (χ1n) is 10.4. The molecule has 1 heterocycles. The summed E-state index contributed by atoms with van der Waals surface area (Å²) < 4.78 is 5.67. The fraction of sp³-hybridized carbons (Fsp3) is 0.696. The molecular formula is C23H36N2O2. The molecule has 150 valence electrons. The molecule has 0 aromatic heterocycles. The molecule has 2 fully saturated rings. The molecule has 1 aliphatic heterocycles. The standard InChI is InChI=1S/C23H36N2O2/c1-22(2,3)20-14-17(12-13-25(20)21(26)27-23(4,5)6)24-19-15-18(19)16-10-8-7-9-11-16/h7-11,17-20,24H,12-15H2,1-6H3. The Kier molecular flexibility index (Phi) is 5.58. The topological polar surface area (TPSA) is 41.6 Å². The van der Waals surface area contributed by atoms with Gasteiger partial charge in [-0.25, -0.2) is 4.79 Å². The lowest BCUT2D eigenvalue weighted by atomic mass is 9.79. The second kappa shape index (κ2) is 7.46. The maximum atomic E-state index is 12.7. The van der Waals surface area contributed by atoms with E-state index in [1.54, 1.807) is 0 Å². The van der Waals surface area contributed by atoms with Crippen LogP contribution >= 0.6 is 0 Å². The van der Waals surface area contributed by atoms with E-state index in [1.807, 2.05) is 25.7 Å². The maximum Gasteiger partial charge on any atom is 0.410 e.